The fourth-order valence-corrected chi connectivity index (χ4v) is 1.99. The third-order valence-corrected chi connectivity index (χ3v) is 3.23. The lowest BCUT2D eigenvalue weighted by Gasteiger charge is -2.22. The maximum Gasteiger partial charge on any atom is 0.235 e. The first-order valence-electron chi connectivity index (χ1n) is 6.92. The van der Waals surface area contributed by atoms with Gasteiger partial charge in [0.1, 0.15) is 0 Å². The number of nitrogens with zero attached hydrogens (tertiary/aromatic N) is 1. The quantitative estimate of drug-likeness (QED) is 0.741. The van der Waals surface area contributed by atoms with E-state index in [1.165, 1.54) is 0 Å². The van der Waals surface area contributed by atoms with E-state index in [2.05, 4.69) is 5.32 Å². The van der Waals surface area contributed by atoms with Crippen LogP contribution in [0.1, 0.15) is 25.8 Å². The van der Waals surface area contributed by atoms with Crippen LogP contribution in [0.25, 0.3) is 0 Å². The number of hydrogen-bond acceptors (Lipinski definition) is 3. The second-order valence-electron chi connectivity index (χ2n) is 4.59. The molecule has 3 N–H and O–H groups in total. The van der Waals surface area contributed by atoms with Crippen molar-refractivity contribution in [1.82, 2.24) is 10.2 Å². The van der Waals surface area contributed by atoms with Crippen LogP contribution in [0, 0.1) is 0 Å². The van der Waals surface area contributed by atoms with Gasteiger partial charge >= 0.3 is 0 Å². The molecule has 5 heteroatoms. The van der Waals surface area contributed by atoms with Gasteiger partial charge in [-0.3, -0.25) is 9.59 Å². The van der Waals surface area contributed by atoms with E-state index < -0.39 is 11.9 Å². The summed E-state index contributed by atoms with van der Waals surface area (Å²) in [7, 11) is 0. The van der Waals surface area contributed by atoms with E-state index in [-0.39, 0.29) is 12.3 Å². The molecular formula is C15H23N3O2. The third-order valence-electron chi connectivity index (χ3n) is 3.23. The molecule has 1 unspecified atom stereocenters. The molecule has 0 bridgehead atoms. The maximum atomic E-state index is 12.0. The van der Waals surface area contributed by atoms with Crippen molar-refractivity contribution >= 4 is 11.8 Å². The molecule has 1 rings (SSSR count). The Morgan fingerprint density at radius 3 is 2.30 bits per heavy atom. The average Bonchev–Trinajstić information content (AvgIpc) is 2.45. The Kier molecular flexibility index (Phi) is 6.73. The van der Waals surface area contributed by atoms with Gasteiger partial charge < -0.3 is 16.0 Å². The maximum absolute atomic E-state index is 12.0. The first kappa shape index (κ1) is 16.2. The molecule has 0 heterocycles. The second kappa shape index (κ2) is 8.32. The van der Waals surface area contributed by atoms with Crippen LogP contribution >= 0.6 is 0 Å². The zero-order valence-electron chi connectivity index (χ0n) is 12.1. The van der Waals surface area contributed by atoms with Crippen molar-refractivity contribution in [3.05, 3.63) is 35.9 Å². The van der Waals surface area contributed by atoms with Crippen LogP contribution in [0.15, 0.2) is 30.3 Å². The minimum Gasteiger partial charge on any atom is -0.368 e. The van der Waals surface area contributed by atoms with Gasteiger partial charge in [0, 0.05) is 19.6 Å². The summed E-state index contributed by atoms with van der Waals surface area (Å²) in [5, 5.41) is 3.05. The molecule has 0 saturated carbocycles. The second-order valence-corrected chi connectivity index (χ2v) is 4.59. The van der Waals surface area contributed by atoms with Crippen LogP contribution in [0.2, 0.25) is 0 Å². The summed E-state index contributed by atoms with van der Waals surface area (Å²) in [4.78, 5) is 25.1. The monoisotopic (exact) mass is 277 g/mol. The summed E-state index contributed by atoms with van der Waals surface area (Å²) < 4.78 is 0. The highest BCUT2D eigenvalue weighted by Crippen LogP contribution is 2.02. The first-order valence-corrected chi connectivity index (χ1v) is 6.92. The van der Waals surface area contributed by atoms with E-state index in [1.54, 1.807) is 4.90 Å². The van der Waals surface area contributed by atoms with E-state index in [0.717, 1.165) is 5.56 Å². The van der Waals surface area contributed by atoms with Crippen LogP contribution in [0.4, 0.5) is 0 Å². The number of amides is 2. The largest absolute Gasteiger partial charge is 0.368 e. The molecule has 0 spiro atoms. The highest BCUT2D eigenvalue weighted by atomic mass is 16.2. The van der Waals surface area contributed by atoms with E-state index >= 15 is 0 Å². The molecule has 0 aromatic heterocycles. The molecule has 2 amide bonds. The van der Waals surface area contributed by atoms with Crippen molar-refractivity contribution in [3.8, 4) is 0 Å². The van der Waals surface area contributed by atoms with Gasteiger partial charge in [0.15, 0.2) is 0 Å². The minimum absolute atomic E-state index is 0.0561. The van der Waals surface area contributed by atoms with Crippen molar-refractivity contribution in [3.63, 3.8) is 0 Å². The number of hydrogen-bond donors (Lipinski definition) is 2. The number of carbonyl (C=O) groups excluding carboxylic acids is 2. The molecule has 1 aromatic carbocycles. The predicted molar refractivity (Wildman–Crippen MR) is 78.8 cm³/mol. The lowest BCUT2D eigenvalue weighted by Crippen LogP contribution is -2.45. The molecule has 0 aliphatic heterocycles. The Balaban J connectivity index is 2.57. The Bertz CT molecular complexity index is 430. The topological polar surface area (TPSA) is 75.4 Å². The van der Waals surface area contributed by atoms with Gasteiger partial charge in [0.2, 0.25) is 11.8 Å². The standard InChI is InChI=1S/C15H23N3O2/c1-3-18(4-2)14(19)10-13(15(16)20)17-11-12-8-6-5-7-9-12/h5-9,13,17H,3-4,10-11H2,1-2H3,(H2,16,20). The number of nitrogens with two attached hydrogens (primary N) is 1. The molecular weight excluding hydrogens is 254 g/mol. The van der Waals surface area contributed by atoms with E-state index in [0.29, 0.717) is 19.6 Å². The summed E-state index contributed by atoms with van der Waals surface area (Å²) in [6.07, 6.45) is 0.101. The summed E-state index contributed by atoms with van der Waals surface area (Å²) in [5.74, 6) is -0.555. The summed E-state index contributed by atoms with van der Waals surface area (Å²) in [6.45, 7) is 5.62. The van der Waals surface area contributed by atoms with Gasteiger partial charge in [-0.05, 0) is 19.4 Å². The average molecular weight is 277 g/mol. The van der Waals surface area contributed by atoms with Crippen molar-refractivity contribution in [2.75, 3.05) is 13.1 Å². The molecule has 1 atom stereocenters. The SMILES string of the molecule is CCN(CC)C(=O)CC(NCc1ccccc1)C(N)=O. The van der Waals surface area contributed by atoms with E-state index in [9.17, 15) is 9.59 Å². The number of carbonyl (C=O) groups is 2. The normalized spacial score (nSPS) is 11.9. The molecule has 110 valence electrons. The van der Waals surface area contributed by atoms with E-state index in [1.807, 2.05) is 44.2 Å². The lowest BCUT2D eigenvalue weighted by atomic mass is 10.1. The number of rotatable bonds is 8. The number of primary amides is 1. The zero-order valence-corrected chi connectivity index (χ0v) is 12.1. The lowest BCUT2D eigenvalue weighted by molar-refractivity contribution is -0.134. The molecule has 0 aliphatic rings. The highest BCUT2D eigenvalue weighted by molar-refractivity contribution is 5.87. The summed E-state index contributed by atoms with van der Waals surface area (Å²) in [6, 6.07) is 9.06. The number of nitrogens with one attached hydrogen (secondary N) is 1. The third kappa shape index (κ3) is 5.01. The summed E-state index contributed by atoms with van der Waals surface area (Å²) in [5.41, 5.74) is 6.41. The first-order chi connectivity index (χ1) is 9.58. The smallest absolute Gasteiger partial charge is 0.235 e. The number of benzene rings is 1. The molecule has 0 saturated heterocycles. The molecule has 0 fully saturated rings. The Labute approximate surface area is 120 Å². The van der Waals surface area contributed by atoms with Crippen LogP contribution in [0.3, 0.4) is 0 Å². The van der Waals surface area contributed by atoms with Gasteiger partial charge in [0.05, 0.1) is 12.5 Å². The van der Waals surface area contributed by atoms with Crippen molar-refractivity contribution in [2.45, 2.75) is 32.9 Å². The minimum atomic E-state index is -0.636. The molecule has 20 heavy (non-hydrogen) atoms. The Morgan fingerprint density at radius 2 is 1.80 bits per heavy atom. The zero-order chi connectivity index (χ0) is 15.0. The van der Waals surface area contributed by atoms with E-state index in [4.69, 9.17) is 5.73 Å². The van der Waals surface area contributed by atoms with Crippen molar-refractivity contribution in [1.29, 1.82) is 0 Å². The fraction of sp³-hybridized carbons (Fsp3) is 0.467. The van der Waals surface area contributed by atoms with Gasteiger partial charge in [-0.2, -0.15) is 0 Å². The van der Waals surface area contributed by atoms with Gasteiger partial charge in [-0.15, -0.1) is 0 Å². The Morgan fingerprint density at radius 1 is 1.20 bits per heavy atom. The van der Waals surface area contributed by atoms with Crippen LogP contribution in [0.5, 0.6) is 0 Å². The van der Waals surface area contributed by atoms with Crippen LogP contribution in [-0.4, -0.2) is 35.8 Å². The molecule has 0 radical (unpaired) electrons. The molecule has 0 aliphatic carbocycles. The molecule has 1 aromatic rings. The molecule has 5 nitrogen and oxygen atoms in total. The van der Waals surface area contributed by atoms with Gasteiger partial charge in [-0.25, -0.2) is 0 Å². The van der Waals surface area contributed by atoms with Gasteiger partial charge in [0.25, 0.3) is 0 Å². The van der Waals surface area contributed by atoms with Crippen molar-refractivity contribution < 1.29 is 9.59 Å². The summed E-state index contributed by atoms with van der Waals surface area (Å²) >= 11 is 0. The highest BCUT2D eigenvalue weighted by Gasteiger charge is 2.21. The van der Waals surface area contributed by atoms with Crippen LogP contribution < -0.4 is 11.1 Å². The Hall–Kier alpha value is -1.88. The van der Waals surface area contributed by atoms with Crippen molar-refractivity contribution in [2.24, 2.45) is 5.73 Å². The van der Waals surface area contributed by atoms with Gasteiger partial charge in [-0.1, -0.05) is 30.3 Å². The fourth-order valence-electron chi connectivity index (χ4n) is 1.99. The predicted octanol–water partition coefficient (Wildman–Crippen LogP) is 0.889. The van der Waals surface area contributed by atoms with Crippen LogP contribution in [-0.2, 0) is 16.1 Å².